The number of nitrogens with one attached hydrogen (secondary N) is 1. The summed E-state index contributed by atoms with van der Waals surface area (Å²) in [5.74, 6) is 1.03. The molecule has 0 saturated carbocycles. The van der Waals surface area contributed by atoms with E-state index in [0.29, 0.717) is 18.8 Å². The van der Waals surface area contributed by atoms with Crippen LogP contribution in [0.5, 0.6) is 0 Å². The van der Waals surface area contributed by atoms with Gasteiger partial charge in [0.1, 0.15) is 0 Å². The maximum Gasteiger partial charge on any atom is 0.233 e. The minimum absolute atomic E-state index is 0.0720. The lowest BCUT2D eigenvalue weighted by Crippen LogP contribution is -2.31. The van der Waals surface area contributed by atoms with Crippen molar-refractivity contribution in [3.63, 3.8) is 0 Å². The van der Waals surface area contributed by atoms with E-state index in [1.54, 1.807) is 12.1 Å². The van der Waals surface area contributed by atoms with Crippen LogP contribution in [0.2, 0.25) is 0 Å². The lowest BCUT2D eigenvalue weighted by atomic mass is 10.2. The Labute approximate surface area is 144 Å². The van der Waals surface area contributed by atoms with Gasteiger partial charge in [-0.05, 0) is 38.0 Å². The zero-order valence-corrected chi connectivity index (χ0v) is 15.1. The second-order valence-electron chi connectivity index (χ2n) is 5.90. The third-order valence-corrected chi connectivity index (χ3v) is 4.96. The van der Waals surface area contributed by atoms with Gasteiger partial charge in [0.2, 0.25) is 10.0 Å². The van der Waals surface area contributed by atoms with Gasteiger partial charge in [-0.3, -0.25) is 4.72 Å². The van der Waals surface area contributed by atoms with Crippen molar-refractivity contribution in [2.24, 2.45) is 0 Å². The number of benzene rings is 1. The fourth-order valence-electron chi connectivity index (χ4n) is 2.32. The molecule has 0 fully saturated rings. The molecule has 2 rings (SSSR count). The van der Waals surface area contributed by atoms with Crippen LogP contribution in [-0.4, -0.2) is 30.4 Å². The van der Waals surface area contributed by atoms with E-state index in [1.165, 1.54) is 5.56 Å². The highest BCUT2D eigenvalue weighted by Gasteiger charge is 2.15. The molecule has 130 valence electrons. The first-order chi connectivity index (χ1) is 11.4. The van der Waals surface area contributed by atoms with Gasteiger partial charge >= 0.3 is 0 Å². The molecule has 0 bridgehead atoms. The largest absolute Gasteiger partial charge is 0.348 e. The zero-order valence-electron chi connectivity index (χ0n) is 14.3. The molecule has 1 N–H and O–H groups in total. The molecule has 6 nitrogen and oxygen atoms in total. The SMILES string of the molecule is CCCS(=O)(=O)Nc1ccc(N(Cc2ccccc2)C(C)C)nn1. The van der Waals surface area contributed by atoms with Gasteiger partial charge in [0.25, 0.3) is 0 Å². The summed E-state index contributed by atoms with van der Waals surface area (Å²) in [6.07, 6.45) is 0.555. The third-order valence-electron chi connectivity index (χ3n) is 3.50. The summed E-state index contributed by atoms with van der Waals surface area (Å²) in [5, 5.41) is 8.20. The van der Waals surface area contributed by atoms with Crippen molar-refractivity contribution in [1.29, 1.82) is 0 Å². The third kappa shape index (κ3) is 5.19. The molecular formula is C17H24N4O2S. The van der Waals surface area contributed by atoms with Crippen LogP contribution in [0.15, 0.2) is 42.5 Å². The van der Waals surface area contributed by atoms with Gasteiger partial charge in [0.05, 0.1) is 5.75 Å². The summed E-state index contributed by atoms with van der Waals surface area (Å²) in [4.78, 5) is 2.12. The summed E-state index contributed by atoms with van der Waals surface area (Å²) in [6, 6.07) is 13.8. The van der Waals surface area contributed by atoms with Crippen molar-refractivity contribution in [3.8, 4) is 0 Å². The molecule has 1 aromatic carbocycles. The van der Waals surface area contributed by atoms with E-state index in [9.17, 15) is 8.42 Å². The maximum atomic E-state index is 11.8. The predicted octanol–water partition coefficient (Wildman–Crippen LogP) is 3.04. The average molecular weight is 348 g/mol. The van der Waals surface area contributed by atoms with E-state index >= 15 is 0 Å². The Hall–Kier alpha value is -2.15. The Morgan fingerprint density at radius 3 is 2.33 bits per heavy atom. The number of rotatable bonds is 8. The van der Waals surface area contributed by atoms with Crippen LogP contribution in [0.3, 0.4) is 0 Å². The van der Waals surface area contributed by atoms with E-state index < -0.39 is 10.0 Å². The van der Waals surface area contributed by atoms with Crippen molar-refractivity contribution in [3.05, 3.63) is 48.0 Å². The first-order valence-corrected chi connectivity index (χ1v) is 9.71. The summed E-state index contributed by atoms with van der Waals surface area (Å²) in [6.45, 7) is 6.71. The van der Waals surface area contributed by atoms with E-state index in [0.717, 1.165) is 0 Å². The molecule has 0 atom stereocenters. The zero-order chi connectivity index (χ0) is 17.6. The van der Waals surface area contributed by atoms with E-state index in [1.807, 2.05) is 25.1 Å². The van der Waals surface area contributed by atoms with Gasteiger partial charge in [-0.2, -0.15) is 0 Å². The number of nitrogens with zero attached hydrogens (tertiary/aromatic N) is 3. The highest BCUT2D eigenvalue weighted by Crippen LogP contribution is 2.18. The number of anilines is 2. The van der Waals surface area contributed by atoms with Crippen molar-refractivity contribution < 1.29 is 8.42 Å². The fraction of sp³-hybridized carbons (Fsp3) is 0.412. The number of sulfonamides is 1. The smallest absolute Gasteiger partial charge is 0.233 e. The van der Waals surface area contributed by atoms with Crippen LogP contribution in [0.1, 0.15) is 32.8 Å². The Morgan fingerprint density at radius 1 is 1.08 bits per heavy atom. The molecule has 2 aromatic rings. The molecule has 0 aliphatic rings. The minimum Gasteiger partial charge on any atom is -0.348 e. The topological polar surface area (TPSA) is 75.2 Å². The Bertz CT molecular complexity index is 731. The van der Waals surface area contributed by atoms with Gasteiger partial charge in [0.15, 0.2) is 11.6 Å². The summed E-state index contributed by atoms with van der Waals surface area (Å²) < 4.78 is 26.0. The summed E-state index contributed by atoms with van der Waals surface area (Å²) in [7, 11) is -3.35. The van der Waals surface area contributed by atoms with Gasteiger partial charge in [-0.25, -0.2) is 8.42 Å². The monoisotopic (exact) mass is 348 g/mol. The standard InChI is InChI=1S/C17H24N4O2S/c1-4-12-24(22,23)20-16-10-11-17(19-18-16)21(14(2)3)13-15-8-6-5-7-9-15/h5-11,14H,4,12-13H2,1-3H3,(H,18,20). The predicted molar refractivity (Wildman–Crippen MR) is 97.5 cm³/mol. The van der Waals surface area contributed by atoms with Crippen molar-refractivity contribution in [1.82, 2.24) is 10.2 Å². The summed E-state index contributed by atoms with van der Waals surface area (Å²) in [5.41, 5.74) is 1.18. The van der Waals surface area contributed by atoms with Crippen LogP contribution < -0.4 is 9.62 Å². The van der Waals surface area contributed by atoms with Crippen LogP contribution in [0, 0.1) is 0 Å². The van der Waals surface area contributed by atoms with Crippen LogP contribution in [0.4, 0.5) is 11.6 Å². The molecule has 0 amide bonds. The van der Waals surface area contributed by atoms with E-state index in [-0.39, 0.29) is 17.6 Å². The van der Waals surface area contributed by atoms with Gasteiger partial charge in [0, 0.05) is 12.6 Å². The Kier molecular flexibility index (Phi) is 6.14. The fourth-order valence-corrected chi connectivity index (χ4v) is 3.39. The van der Waals surface area contributed by atoms with Crippen molar-refractivity contribution >= 4 is 21.7 Å². The van der Waals surface area contributed by atoms with Crippen LogP contribution in [-0.2, 0) is 16.6 Å². The average Bonchev–Trinajstić information content (AvgIpc) is 2.54. The quantitative estimate of drug-likeness (QED) is 0.793. The lowest BCUT2D eigenvalue weighted by molar-refractivity contribution is 0.599. The Balaban J connectivity index is 2.14. The molecule has 24 heavy (non-hydrogen) atoms. The molecule has 1 aromatic heterocycles. The van der Waals surface area contributed by atoms with Gasteiger partial charge < -0.3 is 4.90 Å². The Morgan fingerprint density at radius 2 is 1.79 bits per heavy atom. The van der Waals surface area contributed by atoms with Gasteiger partial charge in [-0.15, -0.1) is 10.2 Å². The molecule has 0 unspecified atom stereocenters. The molecular weight excluding hydrogens is 324 g/mol. The second kappa shape index (κ2) is 8.10. The molecule has 0 aliphatic heterocycles. The van der Waals surface area contributed by atoms with Crippen LogP contribution in [0.25, 0.3) is 0 Å². The molecule has 1 heterocycles. The number of aromatic nitrogens is 2. The lowest BCUT2D eigenvalue weighted by Gasteiger charge is -2.27. The molecule has 0 saturated heterocycles. The first-order valence-electron chi connectivity index (χ1n) is 8.06. The number of hydrogen-bond donors (Lipinski definition) is 1. The normalized spacial score (nSPS) is 11.5. The highest BCUT2D eigenvalue weighted by molar-refractivity contribution is 7.92. The van der Waals surface area contributed by atoms with Gasteiger partial charge in [-0.1, -0.05) is 37.3 Å². The van der Waals surface area contributed by atoms with Crippen molar-refractivity contribution in [2.75, 3.05) is 15.4 Å². The highest BCUT2D eigenvalue weighted by atomic mass is 32.2. The molecule has 0 radical (unpaired) electrons. The van der Waals surface area contributed by atoms with E-state index in [2.05, 4.69) is 45.8 Å². The molecule has 7 heteroatoms. The first kappa shape index (κ1) is 18.2. The summed E-state index contributed by atoms with van der Waals surface area (Å²) >= 11 is 0. The van der Waals surface area contributed by atoms with E-state index in [4.69, 9.17) is 0 Å². The number of hydrogen-bond acceptors (Lipinski definition) is 5. The van der Waals surface area contributed by atoms with Crippen molar-refractivity contribution in [2.45, 2.75) is 39.8 Å². The van der Waals surface area contributed by atoms with Crippen LogP contribution >= 0.6 is 0 Å². The maximum absolute atomic E-state index is 11.8. The molecule has 0 spiro atoms. The second-order valence-corrected chi connectivity index (χ2v) is 7.75. The molecule has 0 aliphatic carbocycles. The minimum atomic E-state index is -3.35.